The molecule has 4 aromatic rings. The van der Waals surface area contributed by atoms with E-state index < -0.39 is 0 Å². The van der Waals surface area contributed by atoms with E-state index in [1.807, 2.05) is 81.3 Å². The maximum atomic E-state index is 14.5. The Morgan fingerprint density at radius 3 is 2.48 bits per heavy atom. The average Bonchev–Trinajstić information content (AvgIpc) is 3.44. The molecule has 0 spiro atoms. The van der Waals surface area contributed by atoms with Crippen molar-refractivity contribution in [3.05, 3.63) is 85.7 Å². The summed E-state index contributed by atoms with van der Waals surface area (Å²) < 4.78 is 7.68. The number of ether oxygens (including phenoxy) is 1. The van der Waals surface area contributed by atoms with Crippen LogP contribution < -0.4 is 10.3 Å². The molecule has 9 heteroatoms. The van der Waals surface area contributed by atoms with Gasteiger partial charge in [0.25, 0.3) is 11.5 Å². The summed E-state index contributed by atoms with van der Waals surface area (Å²) in [5.74, 6) is 0.231. The Hall–Kier alpha value is -3.75. The molecule has 0 saturated carbocycles. The van der Waals surface area contributed by atoms with Gasteiger partial charge in [0.15, 0.2) is 0 Å². The van der Waals surface area contributed by atoms with Crippen molar-refractivity contribution in [3.8, 4) is 33.4 Å². The van der Waals surface area contributed by atoms with E-state index in [1.54, 1.807) is 16.8 Å². The van der Waals surface area contributed by atoms with Gasteiger partial charge >= 0.3 is 0 Å². The fourth-order valence-electron chi connectivity index (χ4n) is 5.04. The lowest BCUT2D eigenvalue weighted by atomic mass is 10.0. The number of carbonyl (C=O) groups excluding carboxylic acids is 1. The number of hydrogen-bond donors (Lipinski definition) is 0. The van der Waals surface area contributed by atoms with Crippen LogP contribution in [-0.2, 0) is 0 Å². The van der Waals surface area contributed by atoms with Gasteiger partial charge in [0.1, 0.15) is 10.7 Å². The Morgan fingerprint density at radius 1 is 1.10 bits per heavy atom. The number of nitrogens with zero attached hydrogens (tertiary/aromatic N) is 4. The summed E-state index contributed by atoms with van der Waals surface area (Å²) in [7, 11) is 0. The van der Waals surface area contributed by atoms with Crippen LogP contribution in [0.2, 0.25) is 5.02 Å². The molecule has 1 fully saturated rings. The van der Waals surface area contributed by atoms with Crippen molar-refractivity contribution in [2.45, 2.75) is 60.0 Å². The Morgan fingerprint density at radius 2 is 1.81 bits per heavy atom. The van der Waals surface area contributed by atoms with Crippen LogP contribution in [0.3, 0.4) is 0 Å². The van der Waals surface area contributed by atoms with Crippen molar-refractivity contribution in [1.82, 2.24) is 19.4 Å². The van der Waals surface area contributed by atoms with Gasteiger partial charge in [0.2, 0.25) is 5.88 Å². The van der Waals surface area contributed by atoms with E-state index in [-0.39, 0.29) is 17.6 Å². The summed E-state index contributed by atoms with van der Waals surface area (Å²) >= 11 is 7.46. The van der Waals surface area contributed by atoms with Crippen LogP contribution in [0.1, 0.15) is 68.6 Å². The third-order valence-corrected chi connectivity index (χ3v) is 8.10. The molecular weight excluding hydrogens is 568 g/mol. The summed E-state index contributed by atoms with van der Waals surface area (Å²) in [5.41, 5.74) is 4.95. The van der Waals surface area contributed by atoms with Crippen LogP contribution in [0.25, 0.3) is 33.6 Å². The van der Waals surface area contributed by atoms with Gasteiger partial charge in [-0.25, -0.2) is 9.97 Å². The maximum absolute atomic E-state index is 14.5. The minimum atomic E-state index is -0.296. The van der Waals surface area contributed by atoms with E-state index in [0.29, 0.717) is 51.5 Å². The molecule has 1 aliphatic rings. The van der Waals surface area contributed by atoms with Crippen LogP contribution in [-0.4, -0.2) is 44.5 Å². The number of likely N-dealkylation sites (tertiary alicyclic amines) is 1. The zero-order valence-corrected chi connectivity index (χ0v) is 26.2. The number of allylic oxidation sites excluding steroid dienone is 1. The molecule has 0 unspecified atom stereocenters. The highest BCUT2D eigenvalue weighted by Gasteiger charge is 2.27. The molecule has 5 rings (SSSR count). The first-order valence-corrected chi connectivity index (χ1v) is 15.5. The zero-order valence-electron chi connectivity index (χ0n) is 24.6. The summed E-state index contributed by atoms with van der Waals surface area (Å²) in [4.78, 5) is 40.0. The van der Waals surface area contributed by atoms with Crippen molar-refractivity contribution in [2.75, 3.05) is 13.1 Å². The number of hydrogen-bond acceptors (Lipinski definition) is 6. The van der Waals surface area contributed by atoms with Gasteiger partial charge in [0, 0.05) is 35.3 Å². The molecule has 0 atom stereocenters. The van der Waals surface area contributed by atoms with E-state index in [2.05, 4.69) is 4.98 Å². The zero-order chi connectivity index (χ0) is 30.0. The Labute approximate surface area is 255 Å². The van der Waals surface area contributed by atoms with Crippen molar-refractivity contribution < 1.29 is 9.53 Å². The van der Waals surface area contributed by atoms with Gasteiger partial charge in [-0.05, 0) is 89.8 Å². The monoisotopic (exact) mass is 602 g/mol. The van der Waals surface area contributed by atoms with Crippen LogP contribution in [0.4, 0.5) is 0 Å². The highest BCUT2D eigenvalue weighted by molar-refractivity contribution is 7.13. The lowest BCUT2D eigenvalue weighted by molar-refractivity contribution is 0.0723. The Balaban J connectivity index is 1.80. The second kappa shape index (κ2) is 12.6. The number of carbonyl (C=O) groups is 1. The average molecular weight is 603 g/mol. The van der Waals surface area contributed by atoms with Gasteiger partial charge in [-0.2, -0.15) is 0 Å². The SMILES string of the molecule is CC(C)=Cc1c(C(=O)N2CCCCC2)cc(-c2nc(-c3ccc(Cl)cc3)cs2)c(=O)n1-c1cc(C)cnc1OC(C)C. The first kappa shape index (κ1) is 29.7. The minimum absolute atomic E-state index is 0.0985. The number of aryl methyl sites for hydroxylation is 1. The topological polar surface area (TPSA) is 77.3 Å². The largest absolute Gasteiger partial charge is 0.473 e. The number of pyridine rings is 2. The van der Waals surface area contributed by atoms with Crippen molar-refractivity contribution in [2.24, 2.45) is 0 Å². The number of aromatic nitrogens is 3. The first-order chi connectivity index (χ1) is 20.1. The second-order valence-corrected chi connectivity index (χ2v) is 12.4. The lowest BCUT2D eigenvalue weighted by Crippen LogP contribution is -2.37. The van der Waals surface area contributed by atoms with Crippen molar-refractivity contribution in [1.29, 1.82) is 0 Å². The molecule has 0 bridgehead atoms. The van der Waals surface area contributed by atoms with E-state index in [1.165, 1.54) is 11.3 Å². The van der Waals surface area contributed by atoms with Gasteiger partial charge in [-0.3, -0.25) is 14.2 Å². The Kier molecular flexibility index (Phi) is 8.94. The van der Waals surface area contributed by atoms with Crippen LogP contribution in [0.15, 0.2) is 58.3 Å². The molecule has 1 amide bonds. The highest BCUT2D eigenvalue weighted by atomic mass is 35.5. The number of benzene rings is 1. The predicted molar refractivity (Wildman–Crippen MR) is 171 cm³/mol. The molecule has 1 aromatic carbocycles. The maximum Gasteiger partial charge on any atom is 0.266 e. The third kappa shape index (κ3) is 6.35. The standard InChI is InChI=1S/C33H35ClN4O3S/c1-20(2)15-28-25(32(39)37-13-7-6-8-14-37)17-26(31-36-27(19-42-31)23-9-11-24(34)12-10-23)33(40)38(28)29-16-22(5)18-35-30(29)41-21(3)4/h9-12,15-19,21H,6-8,13-14H2,1-5H3. The smallest absolute Gasteiger partial charge is 0.266 e. The normalized spacial score (nSPS) is 13.4. The molecule has 0 aliphatic carbocycles. The van der Waals surface area contributed by atoms with Gasteiger partial charge < -0.3 is 9.64 Å². The molecule has 0 N–H and O–H groups in total. The first-order valence-electron chi connectivity index (χ1n) is 14.2. The van der Waals surface area contributed by atoms with Gasteiger partial charge in [0.05, 0.1) is 28.6 Å². The molecule has 7 nitrogen and oxygen atoms in total. The summed E-state index contributed by atoms with van der Waals surface area (Å²) in [6.45, 7) is 11.0. The molecule has 1 saturated heterocycles. The molecule has 4 heterocycles. The molecular formula is C33H35ClN4O3S. The molecule has 42 heavy (non-hydrogen) atoms. The summed E-state index contributed by atoms with van der Waals surface area (Å²) in [6, 6.07) is 11.0. The predicted octanol–water partition coefficient (Wildman–Crippen LogP) is 7.82. The summed E-state index contributed by atoms with van der Waals surface area (Å²) in [6.07, 6.45) is 6.47. The van der Waals surface area contributed by atoms with Crippen molar-refractivity contribution >= 4 is 34.9 Å². The van der Waals surface area contributed by atoms with Gasteiger partial charge in [-0.15, -0.1) is 11.3 Å². The quantitative estimate of drug-likeness (QED) is 0.215. The lowest BCUT2D eigenvalue weighted by Gasteiger charge is -2.28. The second-order valence-electron chi connectivity index (χ2n) is 11.1. The fourth-order valence-corrected chi connectivity index (χ4v) is 6.01. The molecule has 3 aromatic heterocycles. The Bertz CT molecular complexity index is 1700. The number of halogens is 1. The molecule has 1 aliphatic heterocycles. The van der Waals surface area contributed by atoms with Crippen LogP contribution in [0, 0.1) is 6.92 Å². The molecule has 218 valence electrons. The number of thiazole rings is 1. The minimum Gasteiger partial charge on any atom is -0.473 e. The third-order valence-electron chi connectivity index (χ3n) is 6.97. The highest BCUT2D eigenvalue weighted by Crippen LogP contribution is 2.32. The fraction of sp³-hybridized carbons (Fsp3) is 0.333. The van der Waals surface area contributed by atoms with E-state index in [4.69, 9.17) is 21.3 Å². The number of amides is 1. The van der Waals surface area contributed by atoms with Gasteiger partial charge in [-0.1, -0.05) is 29.3 Å². The van der Waals surface area contributed by atoms with E-state index >= 15 is 0 Å². The molecule has 0 radical (unpaired) electrons. The van der Waals surface area contributed by atoms with Crippen LogP contribution >= 0.6 is 22.9 Å². The number of rotatable bonds is 7. The van der Waals surface area contributed by atoms with E-state index in [9.17, 15) is 9.59 Å². The summed E-state index contributed by atoms with van der Waals surface area (Å²) in [5, 5.41) is 3.08. The van der Waals surface area contributed by atoms with Crippen LogP contribution in [0.5, 0.6) is 5.88 Å². The van der Waals surface area contributed by atoms with Crippen molar-refractivity contribution in [3.63, 3.8) is 0 Å². The number of piperidine rings is 1. The van der Waals surface area contributed by atoms with E-state index in [0.717, 1.165) is 41.7 Å².